The number of aryl methyl sites for hydroxylation is 1. The van der Waals surface area contributed by atoms with Crippen molar-refractivity contribution in [2.24, 2.45) is 44.8 Å². The van der Waals surface area contributed by atoms with Crippen LogP contribution in [-0.4, -0.2) is 123 Å². The van der Waals surface area contributed by atoms with Crippen LogP contribution in [0.1, 0.15) is 349 Å². The maximum atomic E-state index is 13.4. The Labute approximate surface area is 778 Å². The Balaban J connectivity index is 0.000000255. The highest BCUT2D eigenvalue weighted by Crippen LogP contribution is 2.60. The third-order valence-electron chi connectivity index (χ3n) is 27.7. The predicted molar refractivity (Wildman–Crippen MR) is 521 cm³/mol. The molecule has 4 aliphatic rings. The van der Waals surface area contributed by atoms with Crippen molar-refractivity contribution >= 4 is 62.9 Å². The summed E-state index contributed by atoms with van der Waals surface area (Å²) in [4.78, 5) is 85.8. The zero-order valence-corrected chi connectivity index (χ0v) is 82.3. The molecule has 0 saturated heterocycles. The Bertz CT molecular complexity index is 4620. The van der Waals surface area contributed by atoms with Crippen LogP contribution in [0.3, 0.4) is 0 Å². The van der Waals surface area contributed by atoms with E-state index in [1.54, 1.807) is 12.1 Å². The van der Waals surface area contributed by atoms with E-state index in [9.17, 15) is 49.1 Å². The average Bonchev–Trinajstić information content (AvgIpc) is 0.724. The maximum Gasteiger partial charge on any atom is 0.313 e. The number of unbranched alkanes of at least 4 members (excludes halogenated alkanes) is 5. The van der Waals surface area contributed by atoms with Crippen molar-refractivity contribution in [1.82, 2.24) is 0 Å². The summed E-state index contributed by atoms with van der Waals surface area (Å²) in [6.45, 7) is 37.2. The Morgan fingerprint density at radius 2 is 0.938 bits per heavy atom. The van der Waals surface area contributed by atoms with Gasteiger partial charge in [-0.3, -0.25) is 38.9 Å². The molecule has 7 aromatic carbocycles. The summed E-state index contributed by atoms with van der Waals surface area (Å²) in [6, 6.07) is 55.4. The second kappa shape index (κ2) is 52.1. The number of nitrogens with zero attached hydrogens (tertiary/aromatic N) is 1. The highest BCUT2D eigenvalue weighted by molar-refractivity contribution is 5.98. The number of non-ortho nitro benzene ring substituents is 1. The van der Waals surface area contributed by atoms with E-state index >= 15 is 0 Å². The van der Waals surface area contributed by atoms with E-state index in [2.05, 4.69) is 159 Å². The molecule has 0 heterocycles. The summed E-state index contributed by atoms with van der Waals surface area (Å²) in [5.41, 5.74) is 2.41. The van der Waals surface area contributed by atoms with Gasteiger partial charge in [0.25, 0.3) is 5.69 Å². The van der Waals surface area contributed by atoms with Gasteiger partial charge in [0.2, 0.25) is 0 Å². The lowest BCUT2D eigenvalue weighted by Crippen LogP contribution is -2.61. The normalized spacial score (nSPS) is 18.7. The monoisotopic (exact) mass is 1800 g/mol. The minimum Gasteiger partial charge on any atom is -0.463 e. The number of nitro benzene ring substituents is 1. The van der Waals surface area contributed by atoms with Crippen LogP contribution < -0.4 is 0 Å². The predicted octanol–water partition coefficient (Wildman–Crippen LogP) is 24.8. The average molecular weight is 1800 g/mol. The first-order chi connectivity index (χ1) is 61.5. The number of nitro groups is 1. The van der Waals surface area contributed by atoms with Gasteiger partial charge in [0.15, 0.2) is 6.79 Å². The molecular weight excluding hydrogens is 1640 g/mol. The van der Waals surface area contributed by atoms with Crippen molar-refractivity contribution in [2.75, 3.05) is 39.8 Å². The first kappa shape index (κ1) is 110. The number of rotatable bonds is 46. The van der Waals surface area contributed by atoms with E-state index in [4.69, 9.17) is 39.0 Å². The molecule has 10 unspecified atom stereocenters. The zero-order chi connectivity index (χ0) is 96.3. The number of esters is 5. The van der Waals surface area contributed by atoms with Crippen molar-refractivity contribution in [3.05, 3.63) is 207 Å². The van der Waals surface area contributed by atoms with Crippen molar-refractivity contribution in [3.63, 3.8) is 0 Å². The minimum atomic E-state index is -0.754. The van der Waals surface area contributed by atoms with Crippen LogP contribution in [0.15, 0.2) is 164 Å². The van der Waals surface area contributed by atoms with Crippen LogP contribution in [0.25, 0.3) is 21.5 Å². The fourth-order valence-electron chi connectivity index (χ4n) is 20.3. The maximum absolute atomic E-state index is 13.4. The van der Waals surface area contributed by atoms with E-state index in [0.29, 0.717) is 68.6 Å². The fourth-order valence-corrected chi connectivity index (χ4v) is 20.3. The second-order valence-electron chi connectivity index (χ2n) is 40.7. The smallest absolute Gasteiger partial charge is 0.313 e. The van der Waals surface area contributed by atoms with Gasteiger partial charge in [-0.2, -0.15) is 0 Å². The van der Waals surface area contributed by atoms with Crippen LogP contribution in [0, 0.1) is 54.9 Å². The van der Waals surface area contributed by atoms with Gasteiger partial charge < -0.3 is 49.2 Å². The van der Waals surface area contributed by atoms with Gasteiger partial charge in [0, 0.05) is 30.9 Å². The number of carbonyl (C=O) groups excluding carboxylic acids is 6. The number of fused-ring (bicyclic) bond motifs is 2. The molecule has 5 N–H and O–H groups in total. The number of benzene rings is 7. The first-order valence-corrected chi connectivity index (χ1v) is 48.6. The number of ketones is 1. The molecule has 4 fully saturated rings. The highest BCUT2D eigenvalue weighted by Gasteiger charge is 2.60. The molecule has 130 heavy (non-hydrogen) atoms. The topological polar surface area (TPSA) is 293 Å². The van der Waals surface area contributed by atoms with Gasteiger partial charge in [0.05, 0.1) is 56.9 Å². The van der Waals surface area contributed by atoms with Gasteiger partial charge in [-0.05, 0) is 286 Å². The van der Waals surface area contributed by atoms with Crippen LogP contribution >= 0.6 is 0 Å². The summed E-state index contributed by atoms with van der Waals surface area (Å²) in [5.74, 6) is 0.678. The number of aliphatic hydroxyl groups excluding tert-OH is 4. The number of ether oxygens (including phenoxy) is 5. The van der Waals surface area contributed by atoms with Crippen molar-refractivity contribution in [1.29, 1.82) is 0 Å². The molecule has 4 saturated carbocycles. The molecule has 4 bridgehead atoms. The summed E-state index contributed by atoms with van der Waals surface area (Å²) >= 11 is 0. The molecule has 718 valence electrons. The number of hydrogen-bond acceptors (Lipinski definition) is 18. The van der Waals surface area contributed by atoms with Gasteiger partial charge in [0.1, 0.15) is 31.2 Å². The van der Waals surface area contributed by atoms with Crippen LogP contribution in [0.4, 0.5) is 5.69 Å². The van der Waals surface area contributed by atoms with Gasteiger partial charge >= 0.3 is 29.8 Å². The lowest BCUT2D eigenvalue weighted by Gasteiger charge is -2.59. The SMILES string of the molecule is CCC(=O)C(C)CC(C)(CC(CC)c1ccccc1)C(=O)OCCO.CCC(C)(CC(C)(C)C(=O)OC12CC3CC(CC(O)(C3)C1)C2)c1cccc([N+](=O)[O-])c1.CCC(CC(C)(C)C(=O)OCO)c1ccccc1.CCCCCCCCC(O)COC(=O)C(C)(C)CC(CC)c1ccc2cc3ccccc3cc2c1.CCc1ccc(C(CC)CC(C)(C)C(=O)OCCO)cc1. The number of Topliss-reactive ketones (excluding diaryl/α,β-unsaturated/α-hetero) is 1. The molecule has 0 radical (unpaired) electrons. The van der Waals surface area contributed by atoms with Gasteiger partial charge in [-0.25, -0.2) is 0 Å². The van der Waals surface area contributed by atoms with Crippen molar-refractivity contribution in [3.8, 4) is 0 Å². The molecule has 0 spiro atoms. The van der Waals surface area contributed by atoms with Gasteiger partial charge in [-0.15, -0.1) is 0 Å². The molecule has 4 aliphatic carbocycles. The molecule has 19 nitrogen and oxygen atoms in total. The molecule has 0 amide bonds. The lowest BCUT2D eigenvalue weighted by molar-refractivity contribution is -0.385. The Morgan fingerprint density at radius 3 is 1.42 bits per heavy atom. The summed E-state index contributed by atoms with van der Waals surface area (Å²) in [5, 5.41) is 63.9. The van der Waals surface area contributed by atoms with Gasteiger partial charge in [-0.1, -0.05) is 247 Å². The molecule has 7 aromatic rings. The van der Waals surface area contributed by atoms with Crippen LogP contribution in [-0.2, 0) is 64.3 Å². The third-order valence-corrected chi connectivity index (χ3v) is 27.7. The molecule has 10 atom stereocenters. The first-order valence-electron chi connectivity index (χ1n) is 48.6. The summed E-state index contributed by atoms with van der Waals surface area (Å²) < 4.78 is 26.9. The molecule has 19 heteroatoms. The minimum absolute atomic E-state index is 0.00728. The van der Waals surface area contributed by atoms with E-state index in [1.807, 2.05) is 119 Å². The number of aliphatic hydroxyl groups is 5. The molecule has 11 rings (SSSR count). The summed E-state index contributed by atoms with van der Waals surface area (Å²) in [7, 11) is 0. The van der Waals surface area contributed by atoms with Crippen LogP contribution in [0.5, 0.6) is 0 Å². The van der Waals surface area contributed by atoms with E-state index < -0.39 is 56.6 Å². The lowest BCUT2D eigenvalue weighted by atomic mass is 9.52. The summed E-state index contributed by atoms with van der Waals surface area (Å²) in [6.07, 6.45) is 22.3. The van der Waals surface area contributed by atoms with Crippen LogP contribution in [0.2, 0.25) is 0 Å². The molecule has 0 aliphatic heterocycles. The Hall–Kier alpha value is -8.72. The van der Waals surface area contributed by atoms with E-state index in [-0.39, 0.29) is 97.0 Å². The third kappa shape index (κ3) is 33.2. The fraction of sp³-hybridized carbons (Fsp3) is 0.604. The molecular formula is C111H161NO18. The molecule has 0 aromatic heterocycles. The Kier molecular flexibility index (Phi) is 44.1. The highest BCUT2D eigenvalue weighted by atomic mass is 16.6. The largest absolute Gasteiger partial charge is 0.463 e. The second-order valence-corrected chi connectivity index (χ2v) is 40.7. The number of carbonyl (C=O) groups is 6. The van der Waals surface area contributed by atoms with E-state index in [0.717, 1.165) is 102 Å². The van der Waals surface area contributed by atoms with Crippen molar-refractivity contribution in [2.45, 2.75) is 345 Å². The number of hydrogen-bond donors (Lipinski definition) is 5. The zero-order valence-electron chi connectivity index (χ0n) is 82.3. The Morgan fingerprint density at radius 1 is 0.477 bits per heavy atom. The van der Waals surface area contributed by atoms with E-state index in [1.165, 1.54) is 81.1 Å². The quantitative estimate of drug-likeness (QED) is 0.00450. The standard InChI is InChI=1S/C32H44O3.C25H35NO5.C21H32O4.C18H28O3.C15H22O3/c1-5-7-8-9-10-11-16-30(33)23-35-31(34)32(3,4)22-24(6-2)27-17-18-28-19-25-14-12-13-15-26(25)20-29(28)21-27;1-5-23(4,19-7-6-8-20(10-19)26(29)30)15-22(2,3)21(27)31-25-13-17-9-18(14-25)12-24(28,11-17)16-25;1-5-17(18-10-8-7-9-11-18)15-21(4,20(24)25-13-12-22)14-16(3)19(23)6-2;1-5-14-7-9-16(10-8-14)15(6-2)13-18(3,4)17(20)21-12-11-19;1-4-12(13-8-6-5-7-9-13)10-15(2,3)14(17)18-11-16/h12-15,17-21,24,30,33H,5-11,16,22-23H2,1-4H3;6-8,10,17-18,28H,5,9,11-16H2,1-4H3;7-11,16-17,22H,5-6,12-15H2,1-4H3;7-10,15,19H,5-6,11-13H2,1-4H3;5-9,12,16H,4,10-11H2,1-3H3. The van der Waals surface area contributed by atoms with Crippen molar-refractivity contribution < 1.29 is 82.9 Å².